The zero-order valence-electron chi connectivity index (χ0n) is 42.6. The molecule has 0 saturated heterocycles. The fourth-order valence-electron chi connectivity index (χ4n) is 8.74. The van der Waals surface area contributed by atoms with Crippen LogP contribution in [0.1, 0.15) is 323 Å². The smallest absolute Gasteiger partial charge is 0.305 e. The Bertz CT molecular complexity index is 943. The van der Waals surface area contributed by atoms with E-state index < -0.39 is 0 Å². The maximum atomic E-state index is 12.7. The summed E-state index contributed by atoms with van der Waals surface area (Å²) in [7, 11) is 0. The lowest BCUT2D eigenvalue weighted by Crippen LogP contribution is -2.38. The van der Waals surface area contributed by atoms with Crippen LogP contribution < -0.4 is 5.32 Å². The second-order valence-electron chi connectivity index (χ2n) is 19.4. The van der Waals surface area contributed by atoms with Crippen molar-refractivity contribution in [3.8, 4) is 0 Å². The van der Waals surface area contributed by atoms with Crippen molar-refractivity contribution in [3.05, 3.63) is 24.3 Å². The summed E-state index contributed by atoms with van der Waals surface area (Å²) >= 11 is 0. The first kappa shape index (κ1) is 60.4. The molecule has 0 bridgehead atoms. The normalized spacial score (nSPS) is 12.2. The van der Waals surface area contributed by atoms with Crippen molar-refractivity contribution in [3.63, 3.8) is 0 Å². The largest absolute Gasteiger partial charge is 0.463 e. The number of esters is 1. The SMILES string of the molecule is CCCCCCCCCCCCCCCC/C=C\CCCCCCCC(=O)NC(CCCC)COC(=O)CCCCCCC/C=C\CCCCCCCCCCCCCCCC. The fraction of sp³-hybridized carbons (Fsp3) is 0.897. The van der Waals surface area contributed by atoms with Gasteiger partial charge in [-0.2, -0.15) is 0 Å². The van der Waals surface area contributed by atoms with E-state index in [1.54, 1.807) is 0 Å². The first-order chi connectivity index (χ1) is 30.6. The molecule has 0 aromatic heterocycles. The molecule has 4 nitrogen and oxygen atoms in total. The van der Waals surface area contributed by atoms with Gasteiger partial charge in [0.25, 0.3) is 0 Å². The molecule has 4 heteroatoms. The van der Waals surface area contributed by atoms with E-state index in [2.05, 4.69) is 50.4 Å². The second-order valence-corrected chi connectivity index (χ2v) is 19.4. The monoisotopic (exact) mass is 870 g/mol. The predicted octanol–water partition coefficient (Wildman–Crippen LogP) is 19.5. The summed E-state index contributed by atoms with van der Waals surface area (Å²) in [6.07, 6.45) is 69.7. The molecule has 0 aliphatic carbocycles. The number of ether oxygens (including phenoxy) is 1. The zero-order chi connectivity index (χ0) is 44.9. The maximum Gasteiger partial charge on any atom is 0.305 e. The minimum atomic E-state index is -0.114. The third-order valence-electron chi connectivity index (χ3n) is 13.0. The van der Waals surface area contributed by atoms with Crippen molar-refractivity contribution in [1.82, 2.24) is 5.32 Å². The standard InChI is InChI=1S/C58H111NO3/c1-4-7-10-12-14-16-18-20-22-24-26-28-30-32-34-36-38-40-42-44-46-48-50-53-57(60)59-56(52-9-6-3)55-62-58(61)54-51-49-47-45-43-41-39-37-35-33-31-29-27-25-23-21-19-17-15-13-11-8-5-2/h36-39,56H,4-35,40-55H2,1-3H3,(H,59,60)/b38-36-,39-37-. The Morgan fingerprint density at radius 1 is 0.355 bits per heavy atom. The van der Waals surface area contributed by atoms with Gasteiger partial charge >= 0.3 is 5.97 Å². The summed E-state index contributed by atoms with van der Waals surface area (Å²) in [5.74, 6) is -0.00456. The summed E-state index contributed by atoms with van der Waals surface area (Å²) in [6, 6.07) is -0.0647. The van der Waals surface area contributed by atoms with Crippen LogP contribution in [0, 0.1) is 0 Å². The maximum absolute atomic E-state index is 12.7. The van der Waals surface area contributed by atoms with E-state index in [-0.39, 0.29) is 17.9 Å². The van der Waals surface area contributed by atoms with Crippen LogP contribution in [0.2, 0.25) is 0 Å². The molecule has 0 saturated carbocycles. The Balaban J connectivity index is 3.63. The van der Waals surface area contributed by atoms with E-state index in [4.69, 9.17) is 4.74 Å². The molecule has 0 fully saturated rings. The van der Waals surface area contributed by atoms with Crippen LogP contribution in [-0.2, 0) is 14.3 Å². The number of nitrogens with one attached hydrogen (secondary N) is 1. The highest BCUT2D eigenvalue weighted by atomic mass is 16.5. The van der Waals surface area contributed by atoms with E-state index in [1.807, 2.05) is 0 Å². The Hall–Kier alpha value is -1.58. The first-order valence-electron chi connectivity index (χ1n) is 28.4. The molecule has 1 N–H and O–H groups in total. The summed E-state index contributed by atoms with van der Waals surface area (Å²) in [5, 5.41) is 3.18. The lowest BCUT2D eigenvalue weighted by Gasteiger charge is -2.18. The van der Waals surface area contributed by atoms with Gasteiger partial charge in [0.15, 0.2) is 0 Å². The van der Waals surface area contributed by atoms with Gasteiger partial charge < -0.3 is 10.1 Å². The van der Waals surface area contributed by atoms with Gasteiger partial charge in [-0.05, 0) is 70.6 Å². The van der Waals surface area contributed by atoms with Gasteiger partial charge in [0.1, 0.15) is 6.61 Å². The van der Waals surface area contributed by atoms with Crippen LogP contribution in [0.3, 0.4) is 0 Å². The van der Waals surface area contributed by atoms with Gasteiger partial charge in [0.2, 0.25) is 5.91 Å². The molecule has 0 spiro atoms. The van der Waals surface area contributed by atoms with Crippen LogP contribution in [0.25, 0.3) is 0 Å². The molecular weight excluding hydrogens is 759 g/mol. The quantitative estimate of drug-likeness (QED) is 0.0376. The van der Waals surface area contributed by atoms with E-state index in [0.29, 0.717) is 19.4 Å². The van der Waals surface area contributed by atoms with E-state index in [0.717, 1.165) is 44.9 Å². The molecule has 1 amide bonds. The predicted molar refractivity (Wildman–Crippen MR) is 275 cm³/mol. The molecule has 0 aromatic rings. The number of unbranched alkanes of at least 4 members (excludes halogenated alkanes) is 39. The van der Waals surface area contributed by atoms with E-state index in [1.165, 1.54) is 244 Å². The zero-order valence-corrected chi connectivity index (χ0v) is 42.6. The molecule has 0 aromatic carbocycles. The third-order valence-corrected chi connectivity index (χ3v) is 13.0. The third kappa shape index (κ3) is 51.1. The minimum absolute atomic E-state index is 0.0647. The van der Waals surface area contributed by atoms with E-state index >= 15 is 0 Å². The number of hydrogen-bond acceptors (Lipinski definition) is 3. The molecule has 0 heterocycles. The number of rotatable bonds is 52. The molecule has 1 unspecified atom stereocenters. The van der Waals surface area contributed by atoms with Crippen molar-refractivity contribution in [2.24, 2.45) is 0 Å². The van der Waals surface area contributed by atoms with Gasteiger partial charge in [0.05, 0.1) is 6.04 Å². The molecule has 366 valence electrons. The summed E-state index contributed by atoms with van der Waals surface area (Å²) in [6.45, 7) is 7.07. The molecule has 0 rings (SSSR count). The van der Waals surface area contributed by atoms with Crippen molar-refractivity contribution in [2.45, 2.75) is 329 Å². The number of carbonyl (C=O) groups is 2. The number of carbonyl (C=O) groups excluding carboxylic acids is 2. The van der Waals surface area contributed by atoms with Crippen LogP contribution in [0.15, 0.2) is 24.3 Å². The van der Waals surface area contributed by atoms with Crippen LogP contribution in [-0.4, -0.2) is 24.5 Å². The Labute approximate surface area is 389 Å². The molecule has 0 aliphatic heterocycles. The molecule has 1 atom stereocenters. The Morgan fingerprint density at radius 2 is 0.629 bits per heavy atom. The van der Waals surface area contributed by atoms with Crippen molar-refractivity contribution in [1.29, 1.82) is 0 Å². The van der Waals surface area contributed by atoms with Crippen molar-refractivity contribution in [2.75, 3.05) is 6.61 Å². The van der Waals surface area contributed by atoms with Gasteiger partial charge in [-0.3, -0.25) is 9.59 Å². The van der Waals surface area contributed by atoms with Crippen molar-refractivity contribution >= 4 is 11.9 Å². The first-order valence-corrected chi connectivity index (χ1v) is 28.4. The van der Waals surface area contributed by atoms with Gasteiger partial charge in [-0.15, -0.1) is 0 Å². The molecule has 62 heavy (non-hydrogen) atoms. The fourth-order valence-corrected chi connectivity index (χ4v) is 8.74. The summed E-state index contributed by atoms with van der Waals surface area (Å²) < 4.78 is 5.64. The molecular formula is C58H111NO3. The van der Waals surface area contributed by atoms with E-state index in [9.17, 15) is 9.59 Å². The van der Waals surface area contributed by atoms with Crippen LogP contribution >= 0.6 is 0 Å². The topological polar surface area (TPSA) is 55.4 Å². The lowest BCUT2D eigenvalue weighted by atomic mass is 10.0. The van der Waals surface area contributed by atoms with Crippen LogP contribution in [0.4, 0.5) is 0 Å². The molecule has 0 aliphatic rings. The van der Waals surface area contributed by atoms with Gasteiger partial charge in [-0.1, -0.05) is 263 Å². The lowest BCUT2D eigenvalue weighted by molar-refractivity contribution is -0.145. The van der Waals surface area contributed by atoms with Crippen LogP contribution in [0.5, 0.6) is 0 Å². The highest BCUT2D eigenvalue weighted by Gasteiger charge is 2.14. The average molecular weight is 871 g/mol. The summed E-state index contributed by atoms with van der Waals surface area (Å²) in [5.41, 5.74) is 0. The average Bonchev–Trinajstić information content (AvgIpc) is 3.27. The molecule has 0 radical (unpaired) electrons. The second kappa shape index (κ2) is 53.8. The number of amides is 1. The Morgan fingerprint density at radius 3 is 0.952 bits per heavy atom. The highest BCUT2D eigenvalue weighted by molar-refractivity contribution is 5.76. The van der Waals surface area contributed by atoms with Gasteiger partial charge in [-0.25, -0.2) is 0 Å². The van der Waals surface area contributed by atoms with Crippen molar-refractivity contribution < 1.29 is 14.3 Å². The minimum Gasteiger partial charge on any atom is -0.463 e. The Kier molecular flexibility index (Phi) is 52.4. The highest BCUT2D eigenvalue weighted by Crippen LogP contribution is 2.16. The van der Waals surface area contributed by atoms with Gasteiger partial charge in [0, 0.05) is 12.8 Å². The number of hydrogen-bond donors (Lipinski definition) is 1. The number of allylic oxidation sites excluding steroid dienone is 4. The summed E-state index contributed by atoms with van der Waals surface area (Å²) in [4.78, 5) is 25.2.